The molecule has 3 N–H and O–H groups in total. The van der Waals surface area contributed by atoms with Crippen LogP contribution in [0.3, 0.4) is 0 Å². The minimum absolute atomic E-state index is 0.0353. The van der Waals surface area contributed by atoms with Crippen LogP contribution in [0.1, 0.15) is 26.3 Å². The quantitative estimate of drug-likeness (QED) is 0.855. The summed E-state index contributed by atoms with van der Waals surface area (Å²) in [5.74, 6) is -0.0981. The van der Waals surface area contributed by atoms with E-state index >= 15 is 0 Å². The molecule has 1 aromatic heterocycles. The Bertz CT molecular complexity index is 455. The molecule has 1 saturated heterocycles. The van der Waals surface area contributed by atoms with Crippen LogP contribution in [-0.4, -0.2) is 40.5 Å². The van der Waals surface area contributed by atoms with Gasteiger partial charge in [-0.2, -0.15) is 0 Å². The molecule has 1 aliphatic heterocycles. The average molecular weight is 276 g/mol. The second-order valence-corrected chi connectivity index (χ2v) is 6.43. The highest BCUT2D eigenvalue weighted by Gasteiger charge is 2.39. The van der Waals surface area contributed by atoms with Crippen molar-refractivity contribution in [1.29, 1.82) is 0 Å². The van der Waals surface area contributed by atoms with Crippen molar-refractivity contribution in [3.05, 3.63) is 30.1 Å². The molecule has 2 atom stereocenters. The van der Waals surface area contributed by atoms with Crippen LogP contribution in [0.15, 0.2) is 24.5 Å². The van der Waals surface area contributed by atoms with Gasteiger partial charge in [0.05, 0.1) is 5.92 Å². The molecule has 2 rings (SSSR count). The number of aromatic nitrogens is 1. The predicted molar refractivity (Wildman–Crippen MR) is 78.9 cm³/mol. The second-order valence-electron chi connectivity index (χ2n) is 6.43. The van der Waals surface area contributed by atoms with Crippen molar-refractivity contribution in [2.75, 3.05) is 13.1 Å². The molecule has 0 spiro atoms. The Hall–Kier alpha value is -1.46. The highest BCUT2D eigenvalue weighted by Crippen LogP contribution is 2.24. The number of carbonyl (C=O) groups is 1. The zero-order valence-corrected chi connectivity index (χ0v) is 12.5. The first-order valence-electron chi connectivity index (χ1n) is 7.05. The number of nitrogens with zero attached hydrogens (tertiary/aromatic N) is 2. The first-order chi connectivity index (χ1) is 9.38. The number of nitrogens with two attached hydrogens (primary N) is 1. The van der Waals surface area contributed by atoms with Gasteiger partial charge in [-0.15, -0.1) is 0 Å². The largest absolute Gasteiger partial charge is 0.352 e. The van der Waals surface area contributed by atoms with E-state index in [0.717, 1.165) is 18.7 Å². The van der Waals surface area contributed by atoms with Crippen molar-refractivity contribution in [2.45, 2.75) is 38.9 Å². The van der Waals surface area contributed by atoms with E-state index in [2.05, 4.69) is 36.0 Å². The third kappa shape index (κ3) is 3.55. The molecular weight excluding hydrogens is 252 g/mol. The molecule has 5 heteroatoms. The first-order valence-corrected chi connectivity index (χ1v) is 7.05. The molecule has 1 fully saturated rings. The van der Waals surface area contributed by atoms with Crippen LogP contribution in [0.25, 0.3) is 0 Å². The second kappa shape index (κ2) is 5.89. The predicted octanol–water partition coefficient (Wildman–Crippen LogP) is 0.755. The molecule has 20 heavy (non-hydrogen) atoms. The lowest BCUT2D eigenvalue weighted by molar-refractivity contribution is -0.125. The van der Waals surface area contributed by atoms with Gasteiger partial charge in [0.25, 0.3) is 0 Å². The van der Waals surface area contributed by atoms with Crippen molar-refractivity contribution in [3.63, 3.8) is 0 Å². The van der Waals surface area contributed by atoms with Crippen LogP contribution in [0.5, 0.6) is 0 Å². The van der Waals surface area contributed by atoms with Crippen molar-refractivity contribution >= 4 is 5.91 Å². The zero-order chi connectivity index (χ0) is 14.8. The lowest BCUT2D eigenvalue weighted by Crippen LogP contribution is -2.41. The lowest BCUT2D eigenvalue weighted by Gasteiger charge is -2.31. The van der Waals surface area contributed by atoms with Gasteiger partial charge in [-0.25, -0.2) is 0 Å². The Balaban J connectivity index is 1.90. The lowest BCUT2D eigenvalue weighted by atomic mass is 10.0. The fourth-order valence-corrected chi connectivity index (χ4v) is 2.48. The average Bonchev–Trinajstić information content (AvgIpc) is 2.79. The van der Waals surface area contributed by atoms with Gasteiger partial charge < -0.3 is 11.1 Å². The minimum Gasteiger partial charge on any atom is -0.352 e. The molecule has 0 unspecified atom stereocenters. The third-order valence-corrected chi connectivity index (χ3v) is 3.84. The number of hydrogen-bond donors (Lipinski definition) is 2. The van der Waals surface area contributed by atoms with E-state index in [-0.39, 0.29) is 23.4 Å². The summed E-state index contributed by atoms with van der Waals surface area (Å²) in [7, 11) is 0. The van der Waals surface area contributed by atoms with Gasteiger partial charge in [-0.3, -0.25) is 14.7 Å². The van der Waals surface area contributed by atoms with Crippen molar-refractivity contribution in [2.24, 2.45) is 11.7 Å². The van der Waals surface area contributed by atoms with Crippen LogP contribution in [0.2, 0.25) is 0 Å². The summed E-state index contributed by atoms with van der Waals surface area (Å²) < 4.78 is 0. The number of nitrogens with one attached hydrogen (secondary N) is 1. The van der Waals surface area contributed by atoms with E-state index in [9.17, 15) is 4.79 Å². The summed E-state index contributed by atoms with van der Waals surface area (Å²) in [6.45, 7) is 8.45. The molecular formula is C15H24N4O. The number of amides is 1. The van der Waals surface area contributed by atoms with Crippen LogP contribution >= 0.6 is 0 Å². The summed E-state index contributed by atoms with van der Waals surface area (Å²) in [4.78, 5) is 18.6. The Labute approximate surface area is 120 Å². The topological polar surface area (TPSA) is 71.2 Å². The fraction of sp³-hybridized carbons (Fsp3) is 0.600. The van der Waals surface area contributed by atoms with E-state index in [0.29, 0.717) is 6.54 Å². The number of pyridine rings is 1. The molecule has 110 valence electrons. The van der Waals surface area contributed by atoms with Crippen molar-refractivity contribution in [3.8, 4) is 0 Å². The maximum Gasteiger partial charge on any atom is 0.226 e. The molecule has 0 aromatic carbocycles. The first kappa shape index (κ1) is 14.9. The maximum atomic E-state index is 12.3. The minimum atomic E-state index is -0.133. The number of rotatable bonds is 3. The third-order valence-electron chi connectivity index (χ3n) is 3.84. The summed E-state index contributed by atoms with van der Waals surface area (Å²) >= 11 is 0. The summed E-state index contributed by atoms with van der Waals surface area (Å²) in [6, 6.07) is 3.72. The van der Waals surface area contributed by atoms with Crippen LogP contribution < -0.4 is 11.1 Å². The molecule has 1 aliphatic rings. The summed E-state index contributed by atoms with van der Waals surface area (Å²) in [5.41, 5.74) is 7.17. The van der Waals surface area contributed by atoms with E-state index in [1.54, 1.807) is 12.4 Å². The van der Waals surface area contributed by atoms with Crippen LogP contribution in [-0.2, 0) is 11.3 Å². The molecule has 5 nitrogen and oxygen atoms in total. The highest BCUT2D eigenvalue weighted by molar-refractivity contribution is 5.80. The van der Waals surface area contributed by atoms with E-state index < -0.39 is 0 Å². The van der Waals surface area contributed by atoms with E-state index in [4.69, 9.17) is 5.73 Å². The van der Waals surface area contributed by atoms with Crippen molar-refractivity contribution in [1.82, 2.24) is 15.2 Å². The van der Waals surface area contributed by atoms with Crippen LogP contribution in [0, 0.1) is 5.92 Å². The Morgan fingerprint density at radius 3 is 2.80 bits per heavy atom. The summed E-state index contributed by atoms with van der Waals surface area (Å²) in [5, 5.41) is 2.96. The van der Waals surface area contributed by atoms with Gasteiger partial charge in [0.15, 0.2) is 0 Å². The smallest absolute Gasteiger partial charge is 0.226 e. The molecule has 0 saturated carbocycles. The monoisotopic (exact) mass is 276 g/mol. The van der Waals surface area contributed by atoms with Crippen molar-refractivity contribution < 1.29 is 4.79 Å². The Morgan fingerprint density at radius 2 is 2.25 bits per heavy atom. The van der Waals surface area contributed by atoms with Crippen LogP contribution in [0.4, 0.5) is 0 Å². The SMILES string of the molecule is CC(C)(C)N1C[C@H](N)[C@H](C(=O)NCc2cccnc2)C1. The Kier molecular flexibility index (Phi) is 4.40. The van der Waals surface area contributed by atoms with Gasteiger partial charge in [0.1, 0.15) is 0 Å². The molecule has 1 amide bonds. The van der Waals surface area contributed by atoms with Gasteiger partial charge in [0, 0.05) is 43.6 Å². The van der Waals surface area contributed by atoms with Gasteiger partial charge in [-0.1, -0.05) is 6.07 Å². The summed E-state index contributed by atoms with van der Waals surface area (Å²) in [6.07, 6.45) is 3.48. The maximum absolute atomic E-state index is 12.3. The number of carbonyl (C=O) groups excluding carboxylic acids is 1. The number of likely N-dealkylation sites (tertiary alicyclic amines) is 1. The molecule has 1 aromatic rings. The molecule has 0 aliphatic carbocycles. The zero-order valence-electron chi connectivity index (χ0n) is 12.5. The standard InChI is InChI=1S/C15H24N4O/c1-15(2,3)19-9-12(13(16)10-19)14(20)18-8-11-5-4-6-17-7-11/h4-7,12-13H,8-10,16H2,1-3H3,(H,18,20)/t12-,13+/m1/s1. The normalized spacial score (nSPS) is 23.8. The Morgan fingerprint density at radius 1 is 1.50 bits per heavy atom. The molecule has 0 radical (unpaired) electrons. The molecule has 0 bridgehead atoms. The van der Waals surface area contributed by atoms with Gasteiger partial charge >= 0.3 is 0 Å². The number of hydrogen-bond acceptors (Lipinski definition) is 4. The van der Waals surface area contributed by atoms with E-state index in [1.807, 2.05) is 12.1 Å². The van der Waals surface area contributed by atoms with Gasteiger partial charge in [0.2, 0.25) is 5.91 Å². The van der Waals surface area contributed by atoms with Gasteiger partial charge in [-0.05, 0) is 32.4 Å². The van der Waals surface area contributed by atoms with E-state index in [1.165, 1.54) is 0 Å². The molecule has 2 heterocycles. The highest BCUT2D eigenvalue weighted by atomic mass is 16.2. The fourth-order valence-electron chi connectivity index (χ4n) is 2.48.